The molecule has 0 aliphatic carbocycles. The van der Waals surface area contributed by atoms with Gasteiger partial charge >= 0.3 is 0 Å². The number of ether oxygens (including phenoxy) is 1. The number of carbonyl (C=O) groups is 1. The largest absolute Gasteiger partial charge is 0.471 e. The fourth-order valence-corrected chi connectivity index (χ4v) is 2.03. The van der Waals surface area contributed by atoms with Gasteiger partial charge in [-0.1, -0.05) is 41.9 Å². The third-order valence-electron chi connectivity index (χ3n) is 2.32. The number of Topliss-reactive ketones (excluding diaryl/α,β-unsaturated/α-hetero) is 1. The molecule has 1 unspecified atom stereocenters. The zero-order valence-electron chi connectivity index (χ0n) is 9.35. The molecular weight excluding hydrogens is 316 g/mol. The summed E-state index contributed by atoms with van der Waals surface area (Å²) in [5.74, 6) is 0.469. The van der Waals surface area contributed by atoms with Gasteiger partial charge in [0.15, 0.2) is 0 Å². The Kier molecular flexibility index (Phi) is 4.39. The SMILES string of the molecule is O=C(c1ccccc1)C(Br)Oc1ccc(Cl)cc1. The summed E-state index contributed by atoms with van der Waals surface area (Å²) in [5.41, 5.74) is 0.605. The van der Waals surface area contributed by atoms with E-state index in [4.69, 9.17) is 16.3 Å². The summed E-state index contributed by atoms with van der Waals surface area (Å²) in [6.45, 7) is 0. The molecule has 2 rings (SSSR count). The fourth-order valence-electron chi connectivity index (χ4n) is 1.42. The van der Waals surface area contributed by atoms with Crippen molar-refractivity contribution in [2.45, 2.75) is 5.01 Å². The summed E-state index contributed by atoms with van der Waals surface area (Å²) in [4.78, 5) is 12.0. The number of benzene rings is 2. The van der Waals surface area contributed by atoms with Gasteiger partial charge in [-0.2, -0.15) is 0 Å². The van der Waals surface area contributed by atoms with E-state index < -0.39 is 5.01 Å². The van der Waals surface area contributed by atoms with Crippen molar-refractivity contribution in [3.63, 3.8) is 0 Å². The summed E-state index contributed by atoms with van der Waals surface area (Å²) in [6, 6.07) is 15.9. The number of carbonyl (C=O) groups excluding carboxylic acids is 1. The van der Waals surface area contributed by atoms with Crippen molar-refractivity contribution in [1.82, 2.24) is 0 Å². The van der Waals surface area contributed by atoms with E-state index in [2.05, 4.69) is 15.9 Å². The van der Waals surface area contributed by atoms with Crippen LogP contribution in [0.1, 0.15) is 10.4 Å². The van der Waals surface area contributed by atoms with Crippen LogP contribution in [-0.4, -0.2) is 10.8 Å². The van der Waals surface area contributed by atoms with Crippen molar-refractivity contribution in [2.75, 3.05) is 0 Å². The molecule has 0 N–H and O–H groups in total. The number of rotatable bonds is 4. The van der Waals surface area contributed by atoms with Gasteiger partial charge in [-0.25, -0.2) is 0 Å². The Bertz CT molecular complexity index is 525. The standard InChI is InChI=1S/C14H10BrClO2/c15-14(13(17)10-4-2-1-3-5-10)18-12-8-6-11(16)7-9-12/h1-9,14H. The highest BCUT2D eigenvalue weighted by Crippen LogP contribution is 2.20. The average Bonchev–Trinajstić information content (AvgIpc) is 2.41. The smallest absolute Gasteiger partial charge is 0.215 e. The first-order valence-electron chi connectivity index (χ1n) is 5.32. The molecule has 0 amide bonds. The lowest BCUT2D eigenvalue weighted by Crippen LogP contribution is -2.20. The van der Waals surface area contributed by atoms with Crippen molar-refractivity contribution in [2.24, 2.45) is 0 Å². The lowest BCUT2D eigenvalue weighted by atomic mass is 10.1. The van der Waals surface area contributed by atoms with Crippen LogP contribution in [0, 0.1) is 0 Å². The maximum absolute atomic E-state index is 12.0. The van der Waals surface area contributed by atoms with E-state index in [1.54, 1.807) is 36.4 Å². The van der Waals surface area contributed by atoms with Crippen molar-refractivity contribution >= 4 is 33.3 Å². The van der Waals surface area contributed by atoms with Gasteiger partial charge in [0.1, 0.15) is 5.75 Å². The summed E-state index contributed by atoms with van der Waals surface area (Å²) in [6.07, 6.45) is 0. The van der Waals surface area contributed by atoms with Gasteiger partial charge < -0.3 is 4.74 Å². The van der Waals surface area contributed by atoms with E-state index in [1.165, 1.54) is 0 Å². The highest BCUT2D eigenvalue weighted by molar-refractivity contribution is 9.09. The molecule has 0 aromatic heterocycles. The second-order valence-electron chi connectivity index (χ2n) is 3.62. The van der Waals surface area contributed by atoms with E-state index in [1.807, 2.05) is 18.2 Å². The molecule has 0 bridgehead atoms. The van der Waals surface area contributed by atoms with Crippen LogP contribution in [0.3, 0.4) is 0 Å². The van der Waals surface area contributed by atoms with E-state index in [-0.39, 0.29) is 5.78 Å². The lowest BCUT2D eigenvalue weighted by molar-refractivity contribution is 0.0897. The second kappa shape index (κ2) is 6.03. The summed E-state index contributed by atoms with van der Waals surface area (Å²) >= 11 is 9.00. The molecule has 0 spiro atoms. The molecule has 0 radical (unpaired) electrons. The van der Waals surface area contributed by atoms with Crippen LogP contribution in [0.4, 0.5) is 0 Å². The Hall–Kier alpha value is -1.32. The zero-order chi connectivity index (χ0) is 13.0. The molecule has 0 saturated heterocycles. The molecule has 0 aliphatic heterocycles. The third-order valence-corrected chi connectivity index (χ3v) is 3.17. The zero-order valence-corrected chi connectivity index (χ0v) is 11.7. The number of halogens is 2. The Morgan fingerprint density at radius 3 is 2.28 bits per heavy atom. The van der Waals surface area contributed by atoms with Gasteiger partial charge in [0, 0.05) is 10.6 Å². The van der Waals surface area contributed by atoms with Crippen molar-refractivity contribution in [1.29, 1.82) is 0 Å². The van der Waals surface area contributed by atoms with Gasteiger partial charge in [-0.15, -0.1) is 0 Å². The second-order valence-corrected chi connectivity index (χ2v) is 4.89. The van der Waals surface area contributed by atoms with Gasteiger partial charge in [0.25, 0.3) is 0 Å². The molecule has 0 aliphatic rings. The molecular formula is C14H10BrClO2. The average molecular weight is 326 g/mol. The van der Waals surface area contributed by atoms with Crippen molar-refractivity contribution in [3.05, 3.63) is 65.2 Å². The highest BCUT2D eigenvalue weighted by atomic mass is 79.9. The molecule has 0 heterocycles. The number of hydrogen-bond donors (Lipinski definition) is 0. The Labute approximate surface area is 119 Å². The minimum absolute atomic E-state index is 0.120. The van der Waals surface area contributed by atoms with Gasteiger partial charge in [0.2, 0.25) is 10.8 Å². The molecule has 2 aromatic carbocycles. The molecule has 18 heavy (non-hydrogen) atoms. The Balaban J connectivity index is 2.06. The predicted molar refractivity (Wildman–Crippen MR) is 75.6 cm³/mol. The van der Waals surface area contributed by atoms with Crippen molar-refractivity contribution < 1.29 is 9.53 Å². The summed E-state index contributed by atoms with van der Waals surface area (Å²) in [5, 5.41) is -0.0797. The number of hydrogen-bond acceptors (Lipinski definition) is 2. The summed E-state index contributed by atoms with van der Waals surface area (Å²) in [7, 11) is 0. The molecule has 0 fully saturated rings. The monoisotopic (exact) mass is 324 g/mol. The maximum atomic E-state index is 12.0. The Morgan fingerprint density at radius 2 is 1.67 bits per heavy atom. The van der Waals surface area contributed by atoms with Gasteiger partial charge in [-0.3, -0.25) is 4.79 Å². The maximum Gasteiger partial charge on any atom is 0.215 e. The van der Waals surface area contributed by atoms with E-state index in [0.29, 0.717) is 16.3 Å². The topological polar surface area (TPSA) is 26.3 Å². The first kappa shape index (κ1) is 13.1. The van der Waals surface area contributed by atoms with Gasteiger partial charge in [-0.05, 0) is 40.2 Å². The normalized spacial score (nSPS) is 11.9. The van der Waals surface area contributed by atoms with E-state index >= 15 is 0 Å². The van der Waals surface area contributed by atoms with Crippen LogP contribution in [0.5, 0.6) is 5.75 Å². The molecule has 2 aromatic rings. The minimum atomic E-state index is -0.707. The van der Waals surface area contributed by atoms with Crippen LogP contribution in [0.15, 0.2) is 54.6 Å². The molecule has 92 valence electrons. The molecule has 2 nitrogen and oxygen atoms in total. The molecule has 0 saturated carbocycles. The minimum Gasteiger partial charge on any atom is -0.471 e. The first-order valence-corrected chi connectivity index (χ1v) is 6.62. The Morgan fingerprint density at radius 1 is 1.06 bits per heavy atom. The lowest BCUT2D eigenvalue weighted by Gasteiger charge is -2.12. The van der Waals surface area contributed by atoms with Crippen LogP contribution in [0.2, 0.25) is 5.02 Å². The van der Waals surface area contributed by atoms with Crippen LogP contribution in [-0.2, 0) is 0 Å². The first-order chi connectivity index (χ1) is 8.66. The fraction of sp³-hybridized carbons (Fsp3) is 0.0714. The number of ketones is 1. The summed E-state index contributed by atoms with van der Waals surface area (Å²) < 4.78 is 5.49. The molecule has 1 atom stereocenters. The van der Waals surface area contributed by atoms with Gasteiger partial charge in [0.05, 0.1) is 0 Å². The van der Waals surface area contributed by atoms with Crippen LogP contribution >= 0.6 is 27.5 Å². The van der Waals surface area contributed by atoms with E-state index in [9.17, 15) is 4.79 Å². The number of alkyl halides is 1. The molecule has 4 heteroatoms. The van der Waals surface area contributed by atoms with Crippen LogP contribution in [0.25, 0.3) is 0 Å². The highest BCUT2D eigenvalue weighted by Gasteiger charge is 2.18. The predicted octanol–water partition coefficient (Wildman–Crippen LogP) is 4.32. The van der Waals surface area contributed by atoms with Crippen LogP contribution < -0.4 is 4.74 Å². The quantitative estimate of drug-likeness (QED) is 0.618. The van der Waals surface area contributed by atoms with E-state index in [0.717, 1.165) is 0 Å². The van der Waals surface area contributed by atoms with Crippen molar-refractivity contribution in [3.8, 4) is 5.75 Å². The third kappa shape index (κ3) is 3.34.